The van der Waals surface area contributed by atoms with E-state index in [-0.39, 0.29) is 12.2 Å². The van der Waals surface area contributed by atoms with E-state index in [1.54, 1.807) is 18.4 Å². The van der Waals surface area contributed by atoms with Crippen LogP contribution in [-0.4, -0.2) is 35.3 Å². The minimum Gasteiger partial charge on any atom is -0.490 e. The Morgan fingerprint density at radius 1 is 1.05 bits per heavy atom. The Morgan fingerprint density at radius 3 is 2.54 bits per heavy atom. The molecule has 202 valence electrons. The average molecular weight is 546 g/mol. The van der Waals surface area contributed by atoms with Crippen molar-refractivity contribution in [3.63, 3.8) is 0 Å². The molecule has 0 unspecified atom stereocenters. The van der Waals surface area contributed by atoms with Gasteiger partial charge in [-0.15, -0.1) is 0 Å². The van der Waals surface area contributed by atoms with E-state index in [1.165, 1.54) is 11.3 Å². The van der Waals surface area contributed by atoms with Gasteiger partial charge in [-0.2, -0.15) is 0 Å². The zero-order chi connectivity index (χ0) is 27.7. The number of esters is 1. The van der Waals surface area contributed by atoms with Crippen LogP contribution in [0.5, 0.6) is 11.5 Å². The number of fused-ring (bicyclic) bond motifs is 2. The lowest BCUT2D eigenvalue weighted by molar-refractivity contribution is -0.139. The van der Waals surface area contributed by atoms with Crippen LogP contribution in [0.3, 0.4) is 0 Å². The summed E-state index contributed by atoms with van der Waals surface area (Å²) in [5.41, 5.74) is 4.24. The van der Waals surface area contributed by atoms with Crippen molar-refractivity contribution >= 4 is 34.3 Å². The highest BCUT2D eigenvalue weighted by molar-refractivity contribution is 7.07. The van der Waals surface area contributed by atoms with Crippen molar-refractivity contribution in [2.45, 2.75) is 40.7 Å². The summed E-state index contributed by atoms with van der Waals surface area (Å²) in [5, 5.41) is 1.04. The standard InChI is InChI=1S/C30H31N3O5S/c1-6-36-23-14-13-19(15-24(23)37-7-2)27-26(29(35)38-8-3)18(5)32-30-33(27)28(34)25(39-30)16-21-17(4)31-22-12-10-9-11-20(21)22/h9-16,27,31H,6-8H2,1-5H3/b25-16-/t27-/m0/s1. The van der Waals surface area contributed by atoms with E-state index in [9.17, 15) is 9.59 Å². The van der Waals surface area contributed by atoms with Crippen molar-refractivity contribution in [1.82, 2.24) is 9.55 Å². The number of H-pyrrole nitrogens is 1. The van der Waals surface area contributed by atoms with Gasteiger partial charge < -0.3 is 19.2 Å². The fourth-order valence-electron chi connectivity index (χ4n) is 4.96. The highest BCUT2D eigenvalue weighted by Gasteiger charge is 2.34. The summed E-state index contributed by atoms with van der Waals surface area (Å²) in [6.45, 7) is 10.5. The molecule has 0 saturated carbocycles. The molecular weight excluding hydrogens is 514 g/mol. The van der Waals surface area contributed by atoms with Crippen LogP contribution in [-0.2, 0) is 9.53 Å². The summed E-state index contributed by atoms with van der Waals surface area (Å²) in [6, 6.07) is 12.8. The lowest BCUT2D eigenvalue weighted by Gasteiger charge is -2.25. The Kier molecular flexibility index (Phi) is 7.43. The smallest absolute Gasteiger partial charge is 0.338 e. The number of carbonyl (C=O) groups excluding carboxylic acids is 1. The number of hydrogen-bond acceptors (Lipinski definition) is 7. The predicted octanol–water partition coefficient (Wildman–Crippen LogP) is 4.39. The number of para-hydroxylation sites is 1. The van der Waals surface area contributed by atoms with Gasteiger partial charge in [-0.05, 0) is 64.5 Å². The SMILES string of the molecule is CCOC(=O)C1=C(C)N=c2s/c(=C\c3c(C)[nH]c4ccccc34)c(=O)n2[C@H]1c1ccc(OCC)c(OCC)c1. The van der Waals surface area contributed by atoms with Gasteiger partial charge in [0.05, 0.1) is 41.7 Å². The Hall–Kier alpha value is -4.11. The molecule has 3 heterocycles. The first kappa shape index (κ1) is 26.5. The van der Waals surface area contributed by atoms with E-state index >= 15 is 0 Å². The van der Waals surface area contributed by atoms with Crippen molar-refractivity contribution in [3.05, 3.63) is 90.2 Å². The molecule has 9 heteroatoms. The van der Waals surface area contributed by atoms with Crippen LogP contribution < -0.4 is 24.4 Å². The van der Waals surface area contributed by atoms with Gasteiger partial charge in [0.15, 0.2) is 16.3 Å². The van der Waals surface area contributed by atoms with Crippen molar-refractivity contribution in [3.8, 4) is 11.5 Å². The van der Waals surface area contributed by atoms with Gasteiger partial charge >= 0.3 is 5.97 Å². The van der Waals surface area contributed by atoms with E-state index in [0.29, 0.717) is 50.9 Å². The van der Waals surface area contributed by atoms with Crippen LogP contribution >= 0.6 is 11.3 Å². The maximum absolute atomic E-state index is 14.0. The Balaban J connectivity index is 1.75. The third kappa shape index (κ3) is 4.78. The minimum atomic E-state index is -0.735. The van der Waals surface area contributed by atoms with Crippen LogP contribution in [0.25, 0.3) is 17.0 Å². The van der Waals surface area contributed by atoms with Gasteiger partial charge in [-0.3, -0.25) is 9.36 Å². The number of hydrogen-bond donors (Lipinski definition) is 1. The highest BCUT2D eigenvalue weighted by Crippen LogP contribution is 2.36. The lowest BCUT2D eigenvalue weighted by atomic mass is 9.95. The molecule has 2 aromatic carbocycles. The van der Waals surface area contributed by atoms with Gasteiger partial charge in [0.25, 0.3) is 5.56 Å². The van der Waals surface area contributed by atoms with Crippen molar-refractivity contribution in [2.24, 2.45) is 4.99 Å². The molecule has 1 atom stereocenters. The molecule has 5 rings (SSSR count). The molecule has 1 aliphatic heterocycles. The Morgan fingerprint density at radius 2 is 1.79 bits per heavy atom. The summed E-state index contributed by atoms with van der Waals surface area (Å²) in [7, 11) is 0. The molecule has 2 aromatic heterocycles. The van der Waals surface area contributed by atoms with E-state index in [0.717, 1.165) is 22.2 Å². The molecule has 0 amide bonds. The van der Waals surface area contributed by atoms with Crippen molar-refractivity contribution in [2.75, 3.05) is 19.8 Å². The second-order valence-corrected chi connectivity index (χ2v) is 10.1. The summed E-state index contributed by atoms with van der Waals surface area (Å²) in [4.78, 5) is 35.8. The number of nitrogens with zero attached hydrogens (tertiary/aromatic N) is 2. The predicted molar refractivity (Wildman–Crippen MR) is 152 cm³/mol. The summed E-state index contributed by atoms with van der Waals surface area (Å²) in [6.07, 6.45) is 1.91. The highest BCUT2D eigenvalue weighted by atomic mass is 32.1. The first-order valence-corrected chi connectivity index (χ1v) is 13.9. The van der Waals surface area contributed by atoms with E-state index in [4.69, 9.17) is 14.2 Å². The fraction of sp³-hybridized carbons (Fsp3) is 0.300. The molecule has 0 fully saturated rings. The maximum atomic E-state index is 14.0. The zero-order valence-corrected chi connectivity index (χ0v) is 23.5. The molecular formula is C30H31N3O5S. The number of rotatable bonds is 8. The second kappa shape index (κ2) is 10.9. The molecule has 1 aliphatic rings. The number of benzene rings is 2. The Labute approximate surface area is 229 Å². The van der Waals surface area contributed by atoms with E-state index in [1.807, 2.05) is 69.3 Å². The summed E-state index contributed by atoms with van der Waals surface area (Å²) in [5.74, 6) is 0.646. The largest absolute Gasteiger partial charge is 0.490 e. The molecule has 4 aromatic rings. The summed E-state index contributed by atoms with van der Waals surface area (Å²) >= 11 is 1.30. The number of carbonyl (C=O) groups is 1. The van der Waals surface area contributed by atoms with Crippen LogP contribution in [0.4, 0.5) is 0 Å². The molecule has 0 bridgehead atoms. The quantitative estimate of drug-likeness (QED) is 0.332. The number of aromatic nitrogens is 2. The molecule has 1 N–H and O–H groups in total. The van der Waals surface area contributed by atoms with Gasteiger partial charge in [0.2, 0.25) is 0 Å². The fourth-order valence-corrected chi connectivity index (χ4v) is 5.99. The molecule has 0 saturated heterocycles. The first-order chi connectivity index (χ1) is 18.9. The molecule has 8 nitrogen and oxygen atoms in total. The van der Waals surface area contributed by atoms with Crippen LogP contribution in [0.2, 0.25) is 0 Å². The third-order valence-corrected chi connectivity index (χ3v) is 7.60. The van der Waals surface area contributed by atoms with Gasteiger partial charge in [0, 0.05) is 22.2 Å². The number of thiazole rings is 1. The number of allylic oxidation sites excluding steroid dienone is 1. The lowest BCUT2D eigenvalue weighted by Crippen LogP contribution is -2.40. The monoisotopic (exact) mass is 545 g/mol. The van der Waals surface area contributed by atoms with E-state index in [2.05, 4.69) is 9.98 Å². The van der Waals surface area contributed by atoms with E-state index < -0.39 is 12.0 Å². The number of nitrogens with one attached hydrogen (secondary N) is 1. The van der Waals surface area contributed by atoms with Crippen molar-refractivity contribution in [1.29, 1.82) is 0 Å². The number of aryl methyl sites for hydroxylation is 1. The van der Waals surface area contributed by atoms with Crippen molar-refractivity contribution < 1.29 is 19.0 Å². The maximum Gasteiger partial charge on any atom is 0.338 e. The zero-order valence-electron chi connectivity index (χ0n) is 22.7. The molecule has 0 spiro atoms. The molecule has 0 radical (unpaired) electrons. The Bertz CT molecular complexity index is 1780. The second-order valence-electron chi connectivity index (χ2n) is 9.08. The van der Waals surface area contributed by atoms with Crippen LogP contribution in [0.15, 0.2) is 63.5 Å². The molecule has 39 heavy (non-hydrogen) atoms. The average Bonchev–Trinajstić information content (AvgIpc) is 3.40. The summed E-state index contributed by atoms with van der Waals surface area (Å²) < 4.78 is 19.1. The van der Waals surface area contributed by atoms with Crippen LogP contribution in [0, 0.1) is 6.92 Å². The first-order valence-electron chi connectivity index (χ1n) is 13.0. The van der Waals surface area contributed by atoms with Gasteiger partial charge in [-0.25, -0.2) is 9.79 Å². The van der Waals surface area contributed by atoms with Gasteiger partial charge in [-0.1, -0.05) is 35.6 Å². The number of ether oxygens (including phenoxy) is 3. The topological polar surface area (TPSA) is 94.9 Å². The van der Waals surface area contributed by atoms with Crippen LogP contribution in [0.1, 0.15) is 50.6 Å². The third-order valence-electron chi connectivity index (χ3n) is 6.62. The normalized spacial score (nSPS) is 15.3. The number of aromatic amines is 1. The van der Waals surface area contributed by atoms with Gasteiger partial charge in [0.1, 0.15) is 0 Å². The minimum absolute atomic E-state index is 0.208. The molecule has 0 aliphatic carbocycles.